The number of anilines is 1. The number of hydrogen-bond acceptors (Lipinski definition) is 5. The van der Waals surface area contributed by atoms with Crippen molar-refractivity contribution in [3.05, 3.63) is 18.6 Å². The Kier molecular flexibility index (Phi) is 3.18. The minimum atomic E-state index is -0.392. The van der Waals surface area contributed by atoms with Gasteiger partial charge in [-0.25, -0.2) is 9.97 Å². The second-order valence-electron chi connectivity index (χ2n) is 5.41. The van der Waals surface area contributed by atoms with Crippen molar-refractivity contribution < 1.29 is 5.11 Å². The molecular weight excluding hydrogens is 228 g/mol. The van der Waals surface area contributed by atoms with Crippen molar-refractivity contribution >= 4 is 5.82 Å². The molecule has 1 saturated carbocycles. The summed E-state index contributed by atoms with van der Waals surface area (Å²) in [6.45, 7) is 4.81. The van der Waals surface area contributed by atoms with Gasteiger partial charge in [-0.05, 0) is 25.3 Å². The van der Waals surface area contributed by atoms with Crippen LogP contribution in [0.1, 0.15) is 19.3 Å². The van der Waals surface area contributed by atoms with Crippen LogP contribution in [0.5, 0.6) is 0 Å². The fourth-order valence-electron chi connectivity index (χ4n) is 2.77. The normalized spacial score (nSPS) is 23.7. The van der Waals surface area contributed by atoms with Gasteiger partial charge in [0.1, 0.15) is 12.1 Å². The van der Waals surface area contributed by atoms with Crippen molar-refractivity contribution in [2.24, 2.45) is 0 Å². The number of hydrogen-bond donors (Lipinski definition) is 1. The van der Waals surface area contributed by atoms with Crippen LogP contribution in [0.3, 0.4) is 0 Å². The first-order valence-corrected chi connectivity index (χ1v) is 6.71. The van der Waals surface area contributed by atoms with Crippen LogP contribution in [0, 0.1) is 0 Å². The summed E-state index contributed by atoms with van der Waals surface area (Å²) in [4.78, 5) is 12.9. The van der Waals surface area contributed by atoms with Gasteiger partial charge < -0.3 is 10.0 Å². The Morgan fingerprint density at radius 1 is 1.22 bits per heavy atom. The highest BCUT2D eigenvalue weighted by Crippen LogP contribution is 2.32. The molecule has 0 radical (unpaired) electrons. The maximum absolute atomic E-state index is 10.2. The quantitative estimate of drug-likeness (QED) is 0.845. The molecule has 1 aliphatic carbocycles. The Balaban J connectivity index is 1.52. The predicted octanol–water partition coefficient (Wildman–Crippen LogP) is 0.514. The van der Waals surface area contributed by atoms with E-state index in [0.29, 0.717) is 0 Å². The number of β-amino-alcohol motifs (C(OH)–C–C–N with tert-alkyl or cyclic N) is 1. The highest BCUT2D eigenvalue weighted by Gasteiger charge is 2.36. The molecule has 0 aromatic carbocycles. The van der Waals surface area contributed by atoms with Gasteiger partial charge in [0.2, 0.25) is 0 Å². The highest BCUT2D eigenvalue weighted by molar-refractivity contribution is 5.36. The van der Waals surface area contributed by atoms with E-state index in [2.05, 4.69) is 19.8 Å². The first kappa shape index (κ1) is 11.9. The third-order valence-electron chi connectivity index (χ3n) is 4.06. The zero-order valence-electron chi connectivity index (χ0n) is 10.6. The summed E-state index contributed by atoms with van der Waals surface area (Å²) >= 11 is 0. The van der Waals surface area contributed by atoms with Crippen molar-refractivity contribution in [1.29, 1.82) is 0 Å². The number of piperazine rings is 1. The van der Waals surface area contributed by atoms with Gasteiger partial charge in [0, 0.05) is 38.9 Å². The predicted molar refractivity (Wildman–Crippen MR) is 69.5 cm³/mol. The summed E-state index contributed by atoms with van der Waals surface area (Å²) in [5, 5.41) is 10.2. The van der Waals surface area contributed by atoms with Crippen LogP contribution in [0.25, 0.3) is 0 Å². The second-order valence-corrected chi connectivity index (χ2v) is 5.41. The number of rotatable bonds is 3. The zero-order chi connectivity index (χ0) is 12.4. The van der Waals surface area contributed by atoms with Crippen molar-refractivity contribution in [3.63, 3.8) is 0 Å². The van der Waals surface area contributed by atoms with E-state index in [1.54, 1.807) is 12.5 Å². The van der Waals surface area contributed by atoms with Gasteiger partial charge in [0.25, 0.3) is 0 Å². The van der Waals surface area contributed by atoms with Crippen LogP contribution in [-0.2, 0) is 0 Å². The second kappa shape index (κ2) is 4.82. The fourth-order valence-corrected chi connectivity index (χ4v) is 2.77. The molecule has 2 aliphatic rings. The first-order valence-electron chi connectivity index (χ1n) is 6.71. The van der Waals surface area contributed by atoms with Crippen LogP contribution in [0.15, 0.2) is 18.6 Å². The summed E-state index contributed by atoms with van der Waals surface area (Å²) in [7, 11) is 0. The lowest BCUT2D eigenvalue weighted by molar-refractivity contribution is -0.0594. The summed E-state index contributed by atoms with van der Waals surface area (Å²) in [5.74, 6) is 1.01. The van der Waals surface area contributed by atoms with E-state index in [4.69, 9.17) is 0 Å². The smallest absolute Gasteiger partial charge is 0.131 e. The Hall–Kier alpha value is -1.20. The molecule has 5 nitrogen and oxygen atoms in total. The van der Waals surface area contributed by atoms with E-state index in [9.17, 15) is 5.11 Å². The highest BCUT2D eigenvalue weighted by atomic mass is 16.3. The summed E-state index contributed by atoms with van der Waals surface area (Å²) in [6, 6.07) is 1.95. The molecule has 18 heavy (non-hydrogen) atoms. The first-order chi connectivity index (χ1) is 8.75. The van der Waals surface area contributed by atoms with Crippen molar-refractivity contribution in [2.75, 3.05) is 37.6 Å². The van der Waals surface area contributed by atoms with E-state index in [1.807, 2.05) is 6.07 Å². The molecule has 2 fully saturated rings. The van der Waals surface area contributed by atoms with E-state index in [0.717, 1.165) is 51.4 Å². The van der Waals surface area contributed by atoms with Crippen LogP contribution < -0.4 is 4.90 Å². The van der Waals surface area contributed by atoms with Gasteiger partial charge in [0.05, 0.1) is 5.60 Å². The van der Waals surface area contributed by atoms with Gasteiger partial charge in [0.15, 0.2) is 0 Å². The maximum atomic E-state index is 10.2. The van der Waals surface area contributed by atoms with Gasteiger partial charge >= 0.3 is 0 Å². The van der Waals surface area contributed by atoms with Crippen molar-refractivity contribution in [2.45, 2.75) is 24.9 Å². The minimum Gasteiger partial charge on any atom is -0.389 e. The average Bonchev–Trinajstić information content (AvgIpc) is 2.39. The summed E-state index contributed by atoms with van der Waals surface area (Å²) in [6.07, 6.45) is 6.50. The standard InChI is InChI=1S/C13H20N4O/c18-13(3-1-4-13)10-16-6-8-17(9-7-16)12-2-5-14-11-15-12/h2,5,11,18H,1,3-4,6-10H2. The SMILES string of the molecule is OC1(CN2CCN(c3ccncn3)CC2)CCC1. The molecule has 1 aromatic rings. The monoisotopic (exact) mass is 248 g/mol. The molecule has 0 bridgehead atoms. The molecule has 2 heterocycles. The van der Waals surface area contributed by atoms with E-state index in [-0.39, 0.29) is 0 Å². The van der Waals surface area contributed by atoms with Crippen LogP contribution >= 0.6 is 0 Å². The van der Waals surface area contributed by atoms with E-state index >= 15 is 0 Å². The van der Waals surface area contributed by atoms with Crippen LogP contribution in [0.2, 0.25) is 0 Å². The number of aromatic nitrogens is 2. The average molecular weight is 248 g/mol. The van der Waals surface area contributed by atoms with Crippen LogP contribution in [-0.4, -0.2) is 58.3 Å². The molecule has 1 aliphatic heterocycles. The van der Waals surface area contributed by atoms with E-state index in [1.165, 1.54) is 6.42 Å². The lowest BCUT2D eigenvalue weighted by Crippen LogP contribution is -2.54. The van der Waals surface area contributed by atoms with Gasteiger partial charge in [-0.1, -0.05) is 0 Å². The molecule has 0 atom stereocenters. The molecule has 0 spiro atoms. The molecule has 1 saturated heterocycles. The van der Waals surface area contributed by atoms with Crippen LogP contribution in [0.4, 0.5) is 5.82 Å². The molecule has 1 N–H and O–H groups in total. The minimum absolute atomic E-state index is 0.392. The Bertz CT molecular complexity index is 385. The molecule has 98 valence electrons. The largest absolute Gasteiger partial charge is 0.389 e. The molecule has 0 amide bonds. The third kappa shape index (κ3) is 2.47. The molecule has 5 heteroatoms. The topological polar surface area (TPSA) is 52.5 Å². The maximum Gasteiger partial charge on any atom is 0.131 e. The Morgan fingerprint density at radius 2 is 2.00 bits per heavy atom. The fraction of sp³-hybridized carbons (Fsp3) is 0.692. The Morgan fingerprint density at radius 3 is 2.56 bits per heavy atom. The van der Waals surface area contributed by atoms with Crippen molar-refractivity contribution in [1.82, 2.24) is 14.9 Å². The van der Waals surface area contributed by atoms with Gasteiger partial charge in [-0.15, -0.1) is 0 Å². The van der Waals surface area contributed by atoms with Gasteiger partial charge in [-0.2, -0.15) is 0 Å². The molecule has 0 unspecified atom stereocenters. The molecular formula is C13H20N4O. The lowest BCUT2D eigenvalue weighted by Gasteiger charge is -2.43. The van der Waals surface area contributed by atoms with Gasteiger partial charge in [-0.3, -0.25) is 4.90 Å². The number of nitrogens with zero attached hydrogens (tertiary/aromatic N) is 4. The molecule has 1 aromatic heterocycles. The van der Waals surface area contributed by atoms with E-state index < -0.39 is 5.60 Å². The summed E-state index contributed by atoms with van der Waals surface area (Å²) in [5.41, 5.74) is -0.392. The zero-order valence-corrected chi connectivity index (χ0v) is 10.6. The number of aliphatic hydroxyl groups is 1. The molecule has 3 rings (SSSR count). The summed E-state index contributed by atoms with van der Waals surface area (Å²) < 4.78 is 0. The third-order valence-corrected chi connectivity index (χ3v) is 4.06. The lowest BCUT2D eigenvalue weighted by atomic mass is 9.80. The Labute approximate surface area is 107 Å². The van der Waals surface area contributed by atoms with Crippen molar-refractivity contribution in [3.8, 4) is 0 Å².